The minimum absolute atomic E-state index is 0.0242. The van der Waals surface area contributed by atoms with E-state index in [1.54, 1.807) is 0 Å². The van der Waals surface area contributed by atoms with Crippen LogP contribution in [0.1, 0.15) is 69.0 Å². The van der Waals surface area contributed by atoms with E-state index in [9.17, 15) is 4.79 Å². The van der Waals surface area contributed by atoms with Crippen molar-refractivity contribution in [1.29, 1.82) is 0 Å². The largest absolute Gasteiger partial charge is 0.352 e. The van der Waals surface area contributed by atoms with Gasteiger partial charge < -0.3 is 9.84 Å². The predicted octanol–water partition coefficient (Wildman–Crippen LogP) is 5.16. The summed E-state index contributed by atoms with van der Waals surface area (Å²) in [5.74, 6) is 1.31. The smallest absolute Gasteiger partial charge is 0.241 e. The van der Waals surface area contributed by atoms with Crippen molar-refractivity contribution in [1.82, 2.24) is 25.3 Å². The van der Waals surface area contributed by atoms with Crippen LogP contribution in [0.25, 0.3) is 11.4 Å². The Balaban J connectivity index is 1.12. The van der Waals surface area contributed by atoms with Gasteiger partial charge in [-0.3, -0.25) is 14.6 Å². The summed E-state index contributed by atoms with van der Waals surface area (Å²) in [6.07, 6.45) is 4.49. The zero-order chi connectivity index (χ0) is 26.5. The molecule has 202 valence electrons. The zero-order valence-corrected chi connectivity index (χ0v) is 23.1. The van der Waals surface area contributed by atoms with Gasteiger partial charge in [0.15, 0.2) is 0 Å². The minimum Gasteiger partial charge on any atom is -0.352 e. The van der Waals surface area contributed by atoms with Crippen molar-refractivity contribution in [2.24, 2.45) is 5.92 Å². The topological polar surface area (TPSA) is 74.5 Å². The third-order valence-corrected chi connectivity index (χ3v) is 7.78. The van der Waals surface area contributed by atoms with Crippen LogP contribution in [-0.4, -0.2) is 52.0 Å². The molecule has 5 rings (SSSR count). The van der Waals surface area contributed by atoms with Crippen LogP contribution >= 0.6 is 0 Å². The van der Waals surface area contributed by atoms with Crippen LogP contribution in [0, 0.1) is 5.92 Å². The Labute approximate surface area is 226 Å². The van der Waals surface area contributed by atoms with Gasteiger partial charge in [-0.15, -0.1) is 0 Å². The van der Waals surface area contributed by atoms with E-state index in [4.69, 9.17) is 4.52 Å². The molecule has 1 amide bonds. The van der Waals surface area contributed by atoms with Gasteiger partial charge in [0.05, 0.1) is 12.5 Å². The first kappa shape index (κ1) is 26.6. The summed E-state index contributed by atoms with van der Waals surface area (Å²) in [7, 11) is 0. The summed E-state index contributed by atoms with van der Waals surface area (Å²) in [5, 5.41) is 7.39. The number of hydrogen-bond acceptors (Lipinski definition) is 6. The van der Waals surface area contributed by atoms with Gasteiger partial charge in [-0.25, -0.2) is 0 Å². The first-order chi connectivity index (χ1) is 18.3. The molecule has 3 heterocycles. The molecule has 0 saturated carbocycles. The van der Waals surface area contributed by atoms with E-state index in [0.717, 1.165) is 37.1 Å². The number of likely N-dealkylation sites (tertiary alicyclic amines) is 2. The average Bonchev–Trinajstić information content (AvgIpc) is 3.60. The van der Waals surface area contributed by atoms with Crippen LogP contribution in [0.4, 0.5) is 0 Å². The first-order valence-electron chi connectivity index (χ1n) is 14.1. The molecular weight excluding hydrogens is 474 g/mol. The second-order valence-corrected chi connectivity index (χ2v) is 11.9. The molecule has 0 radical (unpaired) electrons. The van der Waals surface area contributed by atoms with Crippen LogP contribution in [0.3, 0.4) is 0 Å². The lowest BCUT2D eigenvalue weighted by Crippen LogP contribution is -2.42. The minimum atomic E-state index is -0.0242. The van der Waals surface area contributed by atoms with E-state index in [1.807, 2.05) is 0 Å². The van der Waals surface area contributed by atoms with Gasteiger partial charge in [-0.05, 0) is 67.4 Å². The van der Waals surface area contributed by atoms with Crippen LogP contribution in [0.5, 0.6) is 0 Å². The van der Waals surface area contributed by atoms with Gasteiger partial charge in [-0.1, -0.05) is 74.5 Å². The molecule has 2 fully saturated rings. The Bertz CT molecular complexity index is 1210. The number of carbonyl (C=O) groups excluding carboxylic acids is 1. The van der Waals surface area contributed by atoms with E-state index in [2.05, 4.69) is 94.6 Å². The normalized spacial score (nSPS) is 19.1. The number of piperidine rings is 1. The van der Waals surface area contributed by atoms with E-state index in [1.165, 1.54) is 37.1 Å². The first-order valence-corrected chi connectivity index (χ1v) is 14.1. The van der Waals surface area contributed by atoms with Gasteiger partial charge >= 0.3 is 0 Å². The number of carbonyl (C=O) groups is 1. The maximum absolute atomic E-state index is 13.0. The molecule has 3 aromatic rings. The highest BCUT2D eigenvalue weighted by Gasteiger charge is 2.27. The third-order valence-electron chi connectivity index (χ3n) is 7.78. The summed E-state index contributed by atoms with van der Waals surface area (Å²) >= 11 is 0. The molecule has 1 aromatic heterocycles. The molecule has 0 aliphatic carbocycles. The highest BCUT2D eigenvalue weighted by Crippen LogP contribution is 2.25. The fraction of sp³-hybridized carbons (Fsp3) is 0.516. The molecule has 1 unspecified atom stereocenters. The Morgan fingerprint density at radius 3 is 2.47 bits per heavy atom. The summed E-state index contributed by atoms with van der Waals surface area (Å²) in [5.41, 5.74) is 4.82. The fourth-order valence-corrected chi connectivity index (χ4v) is 5.53. The summed E-state index contributed by atoms with van der Waals surface area (Å²) < 4.78 is 5.57. The maximum atomic E-state index is 13.0. The van der Waals surface area contributed by atoms with E-state index < -0.39 is 0 Å². The number of amides is 1. The van der Waals surface area contributed by atoms with E-state index in [-0.39, 0.29) is 17.2 Å². The molecule has 0 spiro atoms. The Kier molecular flexibility index (Phi) is 8.24. The Morgan fingerprint density at radius 2 is 1.71 bits per heavy atom. The Morgan fingerprint density at radius 1 is 0.974 bits per heavy atom. The SMILES string of the molecule is CC(C)(C)c1ccc(-c2noc(CN3CCCC(C(=O)NCc4cccc(CN5CCCC5)c4)C3)n2)cc1. The van der Waals surface area contributed by atoms with Gasteiger partial charge in [0.1, 0.15) is 0 Å². The standard InChI is InChI=1S/C31H41N5O2/c1-31(2,3)27-13-11-25(12-14-27)29-33-28(38-34-29)22-36-17-7-10-26(21-36)30(37)32-19-23-8-6-9-24(18-23)20-35-15-4-5-16-35/h6,8-9,11-14,18,26H,4-5,7,10,15-17,19-22H2,1-3H3,(H,32,37). The van der Waals surface area contributed by atoms with Crippen molar-refractivity contribution in [2.45, 2.75) is 71.5 Å². The van der Waals surface area contributed by atoms with Crippen LogP contribution in [0.15, 0.2) is 53.1 Å². The molecule has 7 heteroatoms. The monoisotopic (exact) mass is 515 g/mol. The zero-order valence-electron chi connectivity index (χ0n) is 23.1. The molecule has 1 atom stereocenters. The van der Waals surface area contributed by atoms with Crippen molar-refractivity contribution in [3.8, 4) is 11.4 Å². The van der Waals surface area contributed by atoms with Gasteiger partial charge in [0.25, 0.3) is 0 Å². The van der Waals surface area contributed by atoms with Crippen LogP contribution in [-0.2, 0) is 29.8 Å². The van der Waals surface area contributed by atoms with Crippen molar-refractivity contribution in [2.75, 3.05) is 26.2 Å². The molecule has 1 N–H and O–H groups in total. The molecule has 7 nitrogen and oxygen atoms in total. The van der Waals surface area contributed by atoms with E-state index >= 15 is 0 Å². The predicted molar refractivity (Wildman–Crippen MR) is 149 cm³/mol. The molecular formula is C31H41N5O2. The highest BCUT2D eigenvalue weighted by molar-refractivity contribution is 5.79. The van der Waals surface area contributed by atoms with Crippen LogP contribution < -0.4 is 5.32 Å². The fourth-order valence-electron chi connectivity index (χ4n) is 5.53. The van der Waals surface area contributed by atoms with Crippen LogP contribution in [0.2, 0.25) is 0 Å². The summed E-state index contributed by atoms with van der Waals surface area (Å²) in [6.45, 7) is 12.8. The van der Waals surface area contributed by atoms with Gasteiger partial charge in [-0.2, -0.15) is 4.98 Å². The lowest BCUT2D eigenvalue weighted by Gasteiger charge is -2.30. The molecule has 2 aliphatic rings. The molecule has 2 aliphatic heterocycles. The number of rotatable bonds is 8. The highest BCUT2D eigenvalue weighted by atomic mass is 16.5. The number of benzene rings is 2. The molecule has 2 saturated heterocycles. The number of nitrogens with zero attached hydrogens (tertiary/aromatic N) is 4. The second kappa shape index (κ2) is 11.8. The van der Waals surface area contributed by atoms with Crippen molar-refractivity contribution in [3.05, 3.63) is 71.1 Å². The quantitative estimate of drug-likeness (QED) is 0.447. The van der Waals surface area contributed by atoms with Crippen molar-refractivity contribution >= 4 is 5.91 Å². The van der Waals surface area contributed by atoms with Crippen molar-refractivity contribution in [3.63, 3.8) is 0 Å². The number of nitrogens with one attached hydrogen (secondary N) is 1. The number of aromatic nitrogens is 2. The van der Waals surface area contributed by atoms with Gasteiger partial charge in [0.2, 0.25) is 17.6 Å². The maximum Gasteiger partial charge on any atom is 0.241 e. The van der Waals surface area contributed by atoms with Gasteiger partial charge in [0, 0.05) is 25.2 Å². The summed E-state index contributed by atoms with van der Waals surface area (Å²) in [4.78, 5) is 22.4. The molecule has 38 heavy (non-hydrogen) atoms. The third kappa shape index (κ3) is 6.88. The van der Waals surface area contributed by atoms with E-state index in [0.29, 0.717) is 31.3 Å². The molecule has 2 aromatic carbocycles. The van der Waals surface area contributed by atoms with Crippen molar-refractivity contribution < 1.29 is 9.32 Å². The number of hydrogen-bond donors (Lipinski definition) is 1. The second-order valence-electron chi connectivity index (χ2n) is 11.9. The lowest BCUT2D eigenvalue weighted by molar-refractivity contribution is -0.127. The molecule has 0 bridgehead atoms. The average molecular weight is 516 g/mol. The lowest BCUT2D eigenvalue weighted by atomic mass is 9.87. The Hall–Kier alpha value is -3.03. The summed E-state index contributed by atoms with van der Waals surface area (Å²) in [6, 6.07) is 17.0.